The van der Waals surface area contributed by atoms with Gasteiger partial charge in [0.05, 0.1) is 18.2 Å². The number of hydrogen-bond donors (Lipinski definition) is 0. The Hall–Kier alpha value is -1.29. The van der Waals surface area contributed by atoms with Crippen LogP contribution in [0.2, 0.25) is 0 Å². The first kappa shape index (κ1) is 10.8. The van der Waals surface area contributed by atoms with Gasteiger partial charge in [0.25, 0.3) is 0 Å². The Morgan fingerprint density at radius 3 is 2.88 bits per heavy atom. The van der Waals surface area contributed by atoms with Gasteiger partial charge in [0.1, 0.15) is 0 Å². The van der Waals surface area contributed by atoms with Crippen molar-refractivity contribution in [3.8, 4) is 0 Å². The second kappa shape index (κ2) is 3.88. The summed E-state index contributed by atoms with van der Waals surface area (Å²) in [6.07, 6.45) is 4.30. The van der Waals surface area contributed by atoms with Crippen molar-refractivity contribution < 1.29 is 9.53 Å². The molecular weight excluding hydrogens is 282 g/mol. The van der Waals surface area contributed by atoms with Crippen LogP contribution in [0.3, 0.4) is 0 Å². The summed E-state index contributed by atoms with van der Waals surface area (Å²) in [7, 11) is 1.42. The van der Waals surface area contributed by atoms with E-state index in [2.05, 4.69) is 26.6 Å². The lowest BCUT2D eigenvalue weighted by molar-refractivity contribution is 0.0603. The first-order valence-corrected chi connectivity index (χ1v) is 6.38. The molecule has 0 spiro atoms. The number of ether oxygens (including phenoxy) is 1. The number of esters is 1. The number of fused-ring (bicyclic) bond motifs is 1. The average molecular weight is 294 g/mol. The fraction of sp³-hybridized carbons (Fsp3) is 0.308. The number of rotatable bonds is 2. The molecule has 0 atom stereocenters. The van der Waals surface area contributed by atoms with Gasteiger partial charge in [0.2, 0.25) is 0 Å². The fourth-order valence-corrected chi connectivity index (χ4v) is 2.50. The predicted octanol–water partition coefficient (Wildman–Crippen LogP) is 3.53. The number of aromatic nitrogens is 1. The fourth-order valence-electron chi connectivity index (χ4n) is 2.15. The summed E-state index contributed by atoms with van der Waals surface area (Å²) >= 11 is 3.47. The van der Waals surface area contributed by atoms with Gasteiger partial charge in [-0.1, -0.05) is 22.0 Å². The molecule has 88 valence electrons. The van der Waals surface area contributed by atoms with E-state index in [9.17, 15) is 4.79 Å². The summed E-state index contributed by atoms with van der Waals surface area (Å²) in [6, 6.07) is 6.52. The number of nitrogens with zero attached hydrogens (tertiary/aromatic N) is 1. The number of benzene rings is 1. The van der Waals surface area contributed by atoms with Crippen molar-refractivity contribution in [2.75, 3.05) is 7.11 Å². The van der Waals surface area contributed by atoms with Crippen molar-refractivity contribution in [1.29, 1.82) is 0 Å². The molecule has 0 aliphatic heterocycles. The Labute approximate surface area is 107 Å². The Kier molecular flexibility index (Phi) is 2.47. The van der Waals surface area contributed by atoms with Gasteiger partial charge in [-0.3, -0.25) is 0 Å². The number of hydrogen-bond acceptors (Lipinski definition) is 2. The van der Waals surface area contributed by atoms with Gasteiger partial charge >= 0.3 is 5.97 Å². The second-order valence-corrected chi connectivity index (χ2v) is 5.25. The predicted molar refractivity (Wildman–Crippen MR) is 69.2 cm³/mol. The minimum Gasteiger partial charge on any atom is -0.465 e. The lowest BCUT2D eigenvalue weighted by atomic mass is 10.2. The van der Waals surface area contributed by atoms with E-state index in [-0.39, 0.29) is 5.97 Å². The third kappa shape index (κ3) is 1.76. The number of carbonyl (C=O) groups excluding carboxylic acids is 1. The smallest absolute Gasteiger partial charge is 0.340 e. The molecule has 1 saturated carbocycles. The molecule has 0 unspecified atom stereocenters. The van der Waals surface area contributed by atoms with E-state index in [0.29, 0.717) is 11.6 Å². The first-order chi connectivity index (χ1) is 8.20. The van der Waals surface area contributed by atoms with E-state index < -0.39 is 0 Å². The van der Waals surface area contributed by atoms with Crippen LogP contribution in [0.1, 0.15) is 29.2 Å². The summed E-state index contributed by atoms with van der Waals surface area (Å²) in [6.45, 7) is 0. The van der Waals surface area contributed by atoms with Crippen molar-refractivity contribution >= 4 is 32.8 Å². The second-order valence-electron chi connectivity index (χ2n) is 4.33. The summed E-state index contributed by atoms with van der Waals surface area (Å²) in [5.74, 6) is -0.267. The van der Waals surface area contributed by atoms with Crippen LogP contribution in [-0.4, -0.2) is 17.6 Å². The van der Waals surface area contributed by atoms with Gasteiger partial charge < -0.3 is 9.30 Å². The van der Waals surface area contributed by atoms with Crippen molar-refractivity contribution in [3.05, 3.63) is 34.4 Å². The lowest BCUT2D eigenvalue weighted by Crippen LogP contribution is -1.99. The highest BCUT2D eigenvalue weighted by molar-refractivity contribution is 9.10. The van der Waals surface area contributed by atoms with Gasteiger partial charge in [0.15, 0.2) is 0 Å². The van der Waals surface area contributed by atoms with E-state index in [1.54, 1.807) is 0 Å². The normalized spacial score (nSPS) is 15.2. The molecule has 1 aliphatic rings. The third-order valence-electron chi connectivity index (χ3n) is 3.14. The zero-order valence-electron chi connectivity index (χ0n) is 9.44. The summed E-state index contributed by atoms with van der Waals surface area (Å²) < 4.78 is 8.04. The van der Waals surface area contributed by atoms with Crippen LogP contribution in [0.4, 0.5) is 0 Å². The molecule has 2 aromatic rings. The van der Waals surface area contributed by atoms with Crippen LogP contribution < -0.4 is 0 Å². The quantitative estimate of drug-likeness (QED) is 0.793. The zero-order valence-corrected chi connectivity index (χ0v) is 11.0. The lowest BCUT2D eigenvalue weighted by Gasteiger charge is -2.01. The van der Waals surface area contributed by atoms with Gasteiger partial charge in [0, 0.05) is 22.1 Å². The number of carbonyl (C=O) groups is 1. The minimum absolute atomic E-state index is 0.267. The molecule has 17 heavy (non-hydrogen) atoms. The maximum Gasteiger partial charge on any atom is 0.340 e. The molecule has 1 aromatic carbocycles. The Bertz CT molecular complexity index is 599. The van der Waals surface area contributed by atoms with Crippen LogP contribution in [0.25, 0.3) is 10.9 Å². The van der Waals surface area contributed by atoms with Crippen molar-refractivity contribution in [1.82, 2.24) is 4.57 Å². The van der Waals surface area contributed by atoms with Crippen LogP contribution >= 0.6 is 15.9 Å². The summed E-state index contributed by atoms with van der Waals surface area (Å²) in [4.78, 5) is 11.7. The Balaban J connectivity index is 2.26. The first-order valence-electron chi connectivity index (χ1n) is 5.59. The van der Waals surface area contributed by atoms with Crippen molar-refractivity contribution in [2.45, 2.75) is 18.9 Å². The molecule has 1 aromatic heterocycles. The molecule has 0 radical (unpaired) electrons. The molecule has 0 bridgehead atoms. The van der Waals surface area contributed by atoms with Crippen LogP contribution in [-0.2, 0) is 4.74 Å². The van der Waals surface area contributed by atoms with Crippen LogP contribution in [0.5, 0.6) is 0 Å². The molecule has 0 amide bonds. The average Bonchev–Trinajstić information content (AvgIpc) is 3.10. The van der Waals surface area contributed by atoms with E-state index >= 15 is 0 Å². The molecular formula is C13H12BrNO2. The molecule has 0 saturated heterocycles. The molecule has 1 fully saturated rings. The van der Waals surface area contributed by atoms with E-state index in [1.165, 1.54) is 20.0 Å². The number of methoxy groups -OCH3 is 1. The summed E-state index contributed by atoms with van der Waals surface area (Å²) in [5, 5.41) is 0.965. The highest BCUT2D eigenvalue weighted by atomic mass is 79.9. The molecule has 1 aliphatic carbocycles. The molecule has 4 heteroatoms. The SMILES string of the molecule is COC(=O)c1cn(C2CC2)c2cc(Br)ccc12. The monoisotopic (exact) mass is 293 g/mol. The molecule has 1 heterocycles. The highest BCUT2D eigenvalue weighted by Gasteiger charge is 2.27. The molecule has 3 nitrogen and oxygen atoms in total. The Morgan fingerprint density at radius 1 is 1.47 bits per heavy atom. The maximum atomic E-state index is 11.7. The van der Waals surface area contributed by atoms with Crippen molar-refractivity contribution in [3.63, 3.8) is 0 Å². The van der Waals surface area contributed by atoms with Gasteiger partial charge in [-0.25, -0.2) is 4.79 Å². The zero-order chi connectivity index (χ0) is 12.0. The van der Waals surface area contributed by atoms with Gasteiger partial charge in [-0.05, 0) is 25.0 Å². The van der Waals surface area contributed by atoms with Crippen LogP contribution in [0, 0.1) is 0 Å². The molecule has 3 rings (SSSR count). The highest BCUT2D eigenvalue weighted by Crippen LogP contribution is 2.39. The minimum atomic E-state index is -0.267. The van der Waals surface area contributed by atoms with E-state index in [4.69, 9.17) is 4.74 Å². The molecule has 0 N–H and O–H groups in total. The number of halogens is 1. The largest absolute Gasteiger partial charge is 0.465 e. The maximum absolute atomic E-state index is 11.7. The Morgan fingerprint density at radius 2 is 2.24 bits per heavy atom. The third-order valence-corrected chi connectivity index (χ3v) is 3.64. The topological polar surface area (TPSA) is 31.2 Å². The van der Waals surface area contributed by atoms with Crippen LogP contribution in [0.15, 0.2) is 28.9 Å². The van der Waals surface area contributed by atoms with E-state index in [1.807, 2.05) is 18.3 Å². The summed E-state index contributed by atoms with van der Waals surface area (Å²) in [5.41, 5.74) is 1.75. The van der Waals surface area contributed by atoms with Gasteiger partial charge in [-0.2, -0.15) is 0 Å². The van der Waals surface area contributed by atoms with Gasteiger partial charge in [-0.15, -0.1) is 0 Å². The standard InChI is InChI=1S/C13H12BrNO2/c1-17-13(16)11-7-15(9-3-4-9)12-6-8(14)2-5-10(11)12/h2,5-7,9H,3-4H2,1H3. The van der Waals surface area contributed by atoms with Crippen molar-refractivity contribution in [2.24, 2.45) is 0 Å². The van der Waals surface area contributed by atoms with E-state index in [0.717, 1.165) is 15.4 Å².